The van der Waals surface area contributed by atoms with E-state index in [1.807, 2.05) is 56.3 Å². The molecule has 2 aromatic carbocycles. The van der Waals surface area contributed by atoms with E-state index in [2.05, 4.69) is 10.3 Å². The number of carbonyl (C=O) groups excluding carboxylic acids is 1. The summed E-state index contributed by atoms with van der Waals surface area (Å²) in [5, 5.41) is 4.12. The lowest BCUT2D eigenvalue weighted by Gasteiger charge is -2.13. The van der Waals surface area contributed by atoms with Crippen molar-refractivity contribution in [2.75, 3.05) is 24.3 Å². The zero-order valence-corrected chi connectivity index (χ0v) is 14.6. The standard InChI is InChI=1S/C17H16ClN3OS/c1-10-13(18)7-8-14-15(10)19-17(23-14)20-16(22)11-5-4-6-12(9-11)21(2)3/h4-9H,1-3H3,(H,19,20,22). The fourth-order valence-corrected chi connectivity index (χ4v) is 3.32. The minimum absolute atomic E-state index is 0.170. The van der Waals surface area contributed by atoms with Crippen molar-refractivity contribution in [3.05, 3.63) is 52.5 Å². The van der Waals surface area contributed by atoms with E-state index in [0.29, 0.717) is 15.7 Å². The molecule has 1 N–H and O–H groups in total. The van der Waals surface area contributed by atoms with Crippen LogP contribution in [0.25, 0.3) is 10.2 Å². The summed E-state index contributed by atoms with van der Waals surface area (Å²) < 4.78 is 1.00. The summed E-state index contributed by atoms with van der Waals surface area (Å²) in [6, 6.07) is 11.2. The zero-order chi connectivity index (χ0) is 16.6. The summed E-state index contributed by atoms with van der Waals surface area (Å²) in [5.74, 6) is -0.170. The number of aromatic nitrogens is 1. The van der Waals surface area contributed by atoms with Crippen molar-refractivity contribution in [2.45, 2.75) is 6.92 Å². The quantitative estimate of drug-likeness (QED) is 0.755. The number of hydrogen-bond acceptors (Lipinski definition) is 4. The molecule has 0 unspecified atom stereocenters. The van der Waals surface area contributed by atoms with Crippen LogP contribution in [0.2, 0.25) is 5.02 Å². The number of fused-ring (bicyclic) bond motifs is 1. The zero-order valence-electron chi connectivity index (χ0n) is 13.1. The Labute approximate surface area is 143 Å². The van der Waals surface area contributed by atoms with Gasteiger partial charge < -0.3 is 4.90 Å². The smallest absolute Gasteiger partial charge is 0.257 e. The molecule has 1 aromatic heterocycles. The van der Waals surface area contributed by atoms with E-state index < -0.39 is 0 Å². The fourth-order valence-electron chi connectivity index (χ4n) is 2.25. The Morgan fingerprint density at radius 2 is 2.04 bits per heavy atom. The molecule has 0 fully saturated rings. The van der Waals surface area contributed by atoms with Gasteiger partial charge in [-0.25, -0.2) is 4.98 Å². The predicted octanol–water partition coefficient (Wildman–Crippen LogP) is 4.58. The van der Waals surface area contributed by atoms with Gasteiger partial charge in [0, 0.05) is 30.4 Å². The Morgan fingerprint density at radius 1 is 1.26 bits per heavy atom. The first-order chi connectivity index (χ1) is 11.0. The lowest BCUT2D eigenvalue weighted by molar-refractivity contribution is 0.102. The van der Waals surface area contributed by atoms with Crippen molar-refractivity contribution in [3.63, 3.8) is 0 Å². The average molecular weight is 346 g/mol. The van der Waals surface area contributed by atoms with E-state index >= 15 is 0 Å². The lowest BCUT2D eigenvalue weighted by Crippen LogP contribution is -2.14. The van der Waals surface area contributed by atoms with Gasteiger partial charge in [0.15, 0.2) is 5.13 Å². The Balaban J connectivity index is 1.88. The normalized spacial score (nSPS) is 10.8. The molecule has 3 aromatic rings. The van der Waals surface area contributed by atoms with Crippen molar-refractivity contribution in [1.29, 1.82) is 0 Å². The van der Waals surface area contributed by atoms with Gasteiger partial charge in [-0.1, -0.05) is 29.0 Å². The molecule has 3 rings (SSSR count). The van der Waals surface area contributed by atoms with Gasteiger partial charge in [0.1, 0.15) is 0 Å². The summed E-state index contributed by atoms with van der Waals surface area (Å²) in [6.07, 6.45) is 0. The van der Waals surface area contributed by atoms with Crippen molar-refractivity contribution in [3.8, 4) is 0 Å². The molecule has 0 saturated carbocycles. The number of thiazole rings is 1. The minimum atomic E-state index is -0.170. The number of aryl methyl sites for hydroxylation is 1. The number of halogens is 1. The molecule has 0 saturated heterocycles. The first-order valence-electron chi connectivity index (χ1n) is 7.10. The van der Waals surface area contributed by atoms with Crippen molar-refractivity contribution in [1.82, 2.24) is 4.98 Å². The average Bonchev–Trinajstić information content (AvgIpc) is 2.94. The molecule has 0 aliphatic carbocycles. The van der Waals surface area contributed by atoms with Crippen LogP contribution in [-0.4, -0.2) is 25.0 Å². The van der Waals surface area contributed by atoms with Crippen LogP contribution in [0.4, 0.5) is 10.8 Å². The highest BCUT2D eigenvalue weighted by molar-refractivity contribution is 7.22. The molecule has 0 radical (unpaired) electrons. The number of rotatable bonds is 3. The van der Waals surface area contributed by atoms with Crippen LogP contribution < -0.4 is 10.2 Å². The van der Waals surface area contributed by atoms with Crippen LogP contribution in [0.15, 0.2) is 36.4 Å². The van der Waals surface area contributed by atoms with Gasteiger partial charge in [0.25, 0.3) is 5.91 Å². The summed E-state index contributed by atoms with van der Waals surface area (Å²) in [4.78, 5) is 18.9. The molecule has 0 atom stereocenters. The van der Waals surface area contributed by atoms with Gasteiger partial charge in [-0.15, -0.1) is 0 Å². The highest BCUT2D eigenvalue weighted by Gasteiger charge is 2.12. The van der Waals surface area contributed by atoms with E-state index in [-0.39, 0.29) is 5.91 Å². The van der Waals surface area contributed by atoms with Crippen LogP contribution in [0.5, 0.6) is 0 Å². The van der Waals surface area contributed by atoms with E-state index in [1.54, 1.807) is 6.07 Å². The van der Waals surface area contributed by atoms with E-state index in [1.165, 1.54) is 11.3 Å². The summed E-state index contributed by atoms with van der Waals surface area (Å²) >= 11 is 7.56. The Kier molecular flexibility index (Phi) is 4.24. The summed E-state index contributed by atoms with van der Waals surface area (Å²) in [7, 11) is 3.88. The first kappa shape index (κ1) is 15.8. The maximum atomic E-state index is 12.4. The second-order valence-electron chi connectivity index (χ2n) is 5.44. The van der Waals surface area contributed by atoms with Crippen LogP contribution in [0, 0.1) is 6.92 Å². The maximum absolute atomic E-state index is 12.4. The Hall–Kier alpha value is -2.11. The number of benzene rings is 2. The van der Waals surface area contributed by atoms with Gasteiger partial charge in [-0.3, -0.25) is 10.1 Å². The molecule has 1 amide bonds. The van der Waals surface area contributed by atoms with E-state index in [4.69, 9.17) is 11.6 Å². The van der Waals surface area contributed by atoms with Gasteiger partial charge in [-0.05, 0) is 42.8 Å². The highest BCUT2D eigenvalue weighted by Crippen LogP contribution is 2.31. The van der Waals surface area contributed by atoms with E-state index in [0.717, 1.165) is 21.5 Å². The van der Waals surface area contributed by atoms with Crippen molar-refractivity contribution >= 4 is 49.9 Å². The number of carbonyl (C=O) groups is 1. The highest BCUT2D eigenvalue weighted by atomic mass is 35.5. The minimum Gasteiger partial charge on any atom is -0.378 e. The monoisotopic (exact) mass is 345 g/mol. The van der Waals surface area contributed by atoms with Gasteiger partial charge in [0.05, 0.1) is 10.2 Å². The molecular formula is C17H16ClN3OS. The molecule has 4 nitrogen and oxygen atoms in total. The second-order valence-corrected chi connectivity index (χ2v) is 6.87. The second kappa shape index (κ2) is 6.18. The van der Waals surface area contributed by atoms with Gasteiger partial charge in [0.2, 0.25) is 0 Å². The number of amides is 1. The third-order valence-electron chi connectivity index (χ3n) is 3.59. The molecule has 0 aliphatic heterocycles. The Bertz CT molecular complexity index is 889. The topological polar surface area (TPSA) is 45.2 Å². The molecule has 118 valence electrons. The number of anilines is 2. The summed E-state index contributed by atoms with van der Waals surface area (Å²) in [6.45, 7) is 1.93. The molecular weight excluding hydrogens is 330 g/mol. The molecule has 0 bridgehead atoms. The first-order valence-corrected chi connectivity index (χ1v) is 8.29. The SMILES string of the molecule is Cc1c(Cl)ccc2sc(NC(=O)c3cccc(N(C)C)c3)nc12. The van der Waals surface area contributed by atoms with Gasteiger partial charge >= 0.3 is 0 Å². The van der Waals surface area contributed by atoms with Crippen molar-refractivity contribution < 1.29 is 4.79 Å². The molecule has 23 heavy (non-hydrogen) atoms. The largest absolute Gasteiger partial charge is 0.378 e. The van der Waals surface area contributed by atoms with Crippen LogP contribution in [0.3, 0.4) is 0 Å². The van der Waals surface area contributed by atoms with Crippen LogP contribution >= 0.6 is 22.9 Å². The lowest BCUT2D eigenvalue weighted by atomic mass is 10.2. The molecule has 0 aliphatic rings. The maximum Gasteiger partial charge on any atom is 0.257 e. The molecule has 1 heterocycles. The van der Waals surface area contributed by atoms with Gasteiger partial charge in [-0.2, -0.15) is 0 Å². The number of nitrogens with one attached hydrogen (secondary N) is 1. The third kappa shape index (κ3) is 3.16. The predicted molar refractivity (Wildman–Crippen MR) is 98.1 cm³/mol. The van der Waals surface area contributed by atoms with Crippen LogP contribution in [0.1, 0.15) is 15.9 Å². The Morgan fingerprint density at radius 3 is 2.78 bits per heavy atom. The fraction of sp³-hybridized carbons (Fsp3) is 0.176. The van der Waals surface area contributed by atoms with E-state index in [9.17, 15) is 4.79 Å². The number of hydrogen-bond donors (Lipinski definition) is 1. The summed E-state index contributed by atoms with van der Waals surface area (Å²) in [5.41, 5.74) is 3.34. The third-order valence-corrected chi connectivity index (χ3v) is 4.94. The molecule has 0 spiro atoms. The number of nitrogens with zero attached hydrogens (tertiary/aromatic N) is 2. The van der Waals surface area contributed by atoms with Crippen molar-refractivity contribution in [2.24, 2.45) is 0 Å². The molecule has 6 heteroatoms. The van der Waals surface area contributed by atoms with Crippen LogP contribution in [-0.2, 0) is 0 Å².